The Hall–Kier alpha value is -1.62. The van der Waals surface area contributed by atoms with Crippen LogP contribution in [-0.2, 0) is 6.42 Å². The van der Waals surface area contributed by atoms with E-state index in [0.717, 1.165) is 10.0 Å². The molecule has 0 amide bonds. The van der Waals surface area contributed by atoms with Gasteiger partial charge in [0, 0.05) is 10.9 Å². The molecule has 1 aromatic carbocycles. The number of oxazole rings is 1. The molecule has 2 rings (SSSR count). The van der Waals surface area contributed by atoms with E-state index in [1.165, 1.54) is 0 Å². The van der Waals surface area contributed by atoms with Crippen LogP contribution < -0.4 is 0 Å². The van der Waals surface area contributed by atoms with Crippen LogP contribution in [0.15, 0.2) is 33.2 Å². The van der Waals surface area contributed by atoms with E-state index in [9.17, 15) is 4.79 Å². The van der Waals surface area contributed by atoms with E-state index in [2.05, 4.69) is 20.9 Å². The molecule has 0 radical (unpaired) electrons. The van der Waals surface area contributed by atoms with Crippen molar-refractivity contribution in [1.82, 2.24) is 4.98 Å². The van der Waals surface area contributed by atoms with Crippen LogP contribution in [-0.4, -0.2) is 16.1 Å². The topological polar surface area (TPSA) is 63.3 Å². The molecule has 4 nitrogen and oxygen atoms in total. The molecule has 17 heavy (non-hydrogen) atoms. The lowest BCUT2D eigenvalue weighted by Crippen LogP contribution is -1.97. The van der Waals surface area contributed by atoms with Crippen molar-refractivity contribution >= 4 is 21.9 Å². The van der Waals surface area contributed by atoms with Crippen molar-refractivity contribution in [1.29, 1.82) is 0 Å². The maximum Gasteiger partial charge on any atom is 0.392 e. The van der Waals surface area contributed by atoms with E-state index in [-0.39, 0.29) is 5.89 Å². The molecule has 0 bridgehead atoms. The number of halogens is 1. The Morgan fingerprint density at radius 3 is 2.88 bits per heavy atom. The van der Waals surface area contributed by atoms with Crippen LogP contribution in [0.25, 0.3) is 0 Å². The number of hydrogen-bond acceptors (Lipinski definition) is 3. The Labute approximate surface area is 106 Å². The normalized spacial score (nSPS) is 10.5. The molecule has 2 aromatic rings. The fraction of sp³-hybridized carbons (Fsp3) is 0.167. The van der Waals surface area contributed by atoms with Gasteiger partial charge in [-0.3, -0.25) is 0 Å². The van der Waals surface area contributed by atoms with Gasteiger partial charge in [0.25, 0.3) is 0 Å². The molecule has 0 fully saturated rings. The Kier molecular flexibility index (Phi) is 3.28. The third-order valence-electron chi connectivity index (χ3n) is 2.34. The van der Waals surface area contributed by atoms with Gasteiger partial charge in [-0.15, -0.1) is 0 Å². The zero-order valence-corrected chi connectivity index (χ0v) is 10.7. The van der Waals surface area contributed by atoms with E-state index in [4.69, 9.17) is 9.52 Å². The SMILES string of the molecule is Cc1oc(C(=O)O)nc1Cc1cccc(Br)c1. The second-order valence-electron chi connectivity index (χ2n) is 3.63. The number of carbonyl (C=O) groups is 1. The summed E-state index contributed by atoms with van der Waals surface area (Å²) >= 11 is 3.38. The molecule has 0 spiro atoms. The molecule has 0 saturated heterocycles. The van der Waals surface area contributed by atoms with Gasteiger partial charge in [-0.1, -0.05) is 28.1 Å². The third kappa shape index (κ3) is 2.74. The Morgan fingerprint density at radius 1 is 1.53 bits per heavy atom. The van der Waals surface area contributed by atoms with Gasteiger partial charge in [0.1, 0.15) is 5.76 Å². The maximum atomic E-state index is 10.7. The summed E-state index contributed by atoms with van der Waals surface area (Å²) in [4.78, 5) is 14.7. The summed E-state index contributed by atoms with van der Waals surface area (Å²) in [6.07, 6.45) is 0.558. The molecule has 0 aliphatic heterocycles. The van der Waals surface area contributed by atoms with E-state index in [1.54, 1.807) is 6.92 Å². The first kappa shape index (κ1) is 11.9. The zero-order chi connectivity index (χ0) is 12.4. The van der Waals surface area contributed by atoms with Crippen LogP contribution in [0.1, 0.15) is 27.7 Å². The van der Waals surface area contributed by atoms with Gasteiger partial charge in [0.2, 0.25) is 0 Å². The molecule has 0 aliphatic carbocycles. The maximum absolute atomic E-state index is 10.7. The highest BCUT2D eigenvalue weighted by atomic mass is 79.9. The van der Waals surface area contributed by atoms with Crippen molar-refractivity contribution in [2.45, 2.75) is 13.3 Å². The lowest BCUT2D eigenvalue weighted by molar-refractivity contribution is 0.0652. The molecular formula is C12H10BrNO3. The molecule has 1 aromatic heterocycles. The van der Waals surface area contributed by atoms with Crippen LogP contribution in [0.3, 0.4) is 0 Å². The van der Waals surface area contributed by atoms with Gasteiger partial charge in [-0.25, -0.2) is 9.78 Å². The van der Waals surface area contributed by atoms with Crippen LogP contribution in [0, 0.1) is 6.92 Å². The highest BCUT2D eigenvalue weighted by molar-refractivity contribution is 9.10. The molecule has 0 unspecified atom stereocenters. The Balaban J connectivity index is 2.27. The first-order valence-electron chi connectivity index (χ1n) is 5.00. The predicted molar refractivity (Wildman–Crippen MR) is 65.1 cm³/mol. The average Bonchev–Trinajstić information content (AvgIpc) is 2.61. The third-order valence-corrected chi connectivity index (χ3v) is 2.83. The number of rotatable bonds is 3. The smallest absolute Gasteiger partial charge is 0.392 e. The van der Waals surface area contributed by atoms with Gasteiger partial charge in [-0.05, 0) is 24.6 Å². The van der Waals surface area contributed by atoms with Gasteiger partial charge in [0.05, 0.1) is 5.69 Å². The second kappa shape index (κ2) is 4.71. The summed E-state index contributed by atoms with van der Waals surface area (Å²) in [5, 5.41) is 8.77. The minimum Gasteiger partial charge on any atom is -0.474 e. The van der Waals surface area contributed by atoms with E-state index in [0.29, 0.717) is 17.9 Å². The number of aromatic nitrogens is 1. The Morgan fingerprint density at radius 2 is 2.29 bits per heavy atom. The van der Waals surface area contributed by atoms with Gasteiger partial charge in [0.15, 0.2) is 0 Å². The zero-order valence-electron chi connectivity index (χ0n) is 9.11. The van der Waals surface area contributed by atoms with Crippen LogP contribution >= 0.6 is 15.9 Å². The van der Waals surface area contributed by atoms with E-state index < -0.39 is 5.97 Å². The first-order valence-corrected chi connectivity index (χ1v) is 5.79. The number of aromatic carboxylic acids is 1. The minimum atomic E-state index is -1.14. The van der Waals surface area contributed by atoms with Gasteiger partial charge in [-0.2, -0.15) is 0 Å². The highest BCUT2D eigenvalue weighted by Gasteiger charge is 2.15. The molecular weight excluding hydrogens is 286 g/mol. The summed E-state index contributed by atoms with van der Waals surface area (Å²) in [5.74, 6) is -0.858. The summed E-state index contributed by atoms with van der Waals surface area (Å²) < 4.78 is 6.04. The van der Waals surface area contributed by atoms with E-state index >= 15 is 0 Å². The quantitative estimate of drug-likeness (QED) is 0.945. The molecule has 88 valence electrons. The first-order chi connectivity index (χ1) is 8.06. The average molecular weight is 296 g/mol. The van der Waals surface area contributed by atoms with Crippen molar-refractivity contribution in [3.63, 3.8) is 0 Å². The van der Waals surface area contributed by atoms with Crippen LogP contribution in [0.2, 0.25) is 0 Å². The lowest BCUT2D eigenvalue weighted by Gasteiger charge is -1.99. The number of carboxylic acid groups (broad SMARTS) is 1. The summed E-state index contributed by atoms with van der Waals surface area (Å²) in [6, 6.07) is 7.78. The molecule has 1 heterocycles. The van der Waals surface area contributed by atoms with Gasteiger partial charge < -0.3 is 9.52 Å². The molecule has 0 aliphatic rings. The van der Waals surface area contributed by atoms with Crippen LogP contribution in [0.5, 0.6) is 0 Å². The second-order valence-corrected chi connectivity index (χ2v) is 4.55. The standard InChI is InChI=1S/C12H10BrNO3/c1-7-10(14-11(17-7)12(15)16)6-8-3-2-4-9(13)5-8/h2-5H,6H2,1H3,(H,15,16). The van der Waals surface area contributed by atoms with Crippen molar-refractivity contribution in [3.8, 4) is 0 Å². The summed E-state index contributed by atoms with van der Waals surface area (Å²) in [5.41, 5.74) is 1.70. The largest absolute Gasteiger partial charge is 0.474 e. The molecule has 1 N–H and O–H groups in total. The van der Waals surface area contributed by atoms with Crippen LogP contribution in [0.4, 0.5) is 0 Å². The lowest BCUT2D eigenvalue weighted by atomic mass is 10.1. The van der Waals surface area contributed by atoms with Crippen molar-refractivity contribution in [2.75, 3.05) is 0 Å². The fourth-order valence-corrected chi connectivity index (χ4v) is 1.97. The molecule has 0 atom stereocenters. The van der Waals surface area contributed by atoms with Crippen molar-refractivity contribution < 1.29 is 14.3 Å². The fourth-order valence-electron chi connectivity index (χ4n) is 1.52. The Bertz CT molecular complexity index is 563. The number of aryl methyl sites for hydroxylation is 1. The monoisotopic (exact) mass is 295 g/mol. The van der Waals surface area contributed by atoms with Crippen molar-refractivity contribution in [3.05, 3.63) is 51.6 Å². The molecule has 5 heteroatoms. The van der Waals surface area contributed by atoms with Gasteiger partial charge >= 0.3 is 11.9 Å². The predicted octanol–water partition coefficient (Wildman–Crippen LogP) is 3.03. The van der Waals surface area contributed by atoms with E-state index in [1.807, 2.05) is 24.3 Å². The highest BCUT2D eigenvalue weighted by Crippen LogP contribution is 2.17. The number of carboxylic acids is 1. The van der Waals surface area contributed by atoms with Crippen molar-refractivity contribution in [2.24, 2.45) is 0 Å². The number of nitrogens with zero attached hydrogens (tertiary/aromatic N) is 1. The molecule has 0 saturated carbocycles. The number of benzene rings is 1. The minimum absolute atomic E-state index is 0.257. The summed E-state index contributed by atoms with van der Waals surface area (Å²) in [7, 11) is 0. The number of hydrogen-bond donors (Lipinski definition) is 1. The summed E-state index contributed by atoms with van der Waals surface area (Å²) in [6.45, 7) is 1.72.